The van der Waals surface area contributed by atoms with Crippen LogP contribution in [0.2, 0.25) is 0 Å². The zero-order chi connectivity index (χ0) is 16.1. The van der Waals surface area contributed by atoms with E-state index in [9.17, 15) is 14.0 Å². The van der Waals surface area contributed by atoms with Crippen molar-refractivity contribution in [2.24, 2.45) is 5.73 Å². The Labute approximate surface area is 130 Å². The maximum absolute atomic E-state index is 12.8. The van der Waals surface area contributed by atoms with E-state index < -0.39 is 5.91 Å². The molecule has 7 heteroatoms. The van der Waals surface area contributed by atoms with Gasteiger partial charge < -0.3 is 15.8 Å². The summed E-state index contributed by atoms with van der Waals surface area (Å²) in [6, 6.07) is 7.10. The number of carbonyl (C=O) groups is 2. The first-order valence-electron chi connectivity index (χ1n) is 6.54. The number of nitrogens with two attached hydrogens (primary N) is 1. The minimum Gasteiger partial charge on any atom is -0.489 e. The predicted octanol–water partition coefficient (Wildman–Crippen LogP) is 2.18. The molecule has 0 bridgehead atoms. The van der Waals surface area contributed by atoms with E-state index in [0.29, 0.717) is 16.2 Å². The lowest BCUT2D eigenvalue weighted by atomic mass is 10.3. The van der Waals surface area contributed by atoms with Crippen molar-refractivity contribution in [1.29, 1.82) is 0 Å². The first-order chi connectivity index (χ1) is 10.5. The number of ether oxygens (including phenoxy) is 1. The molecular weight excluding hydrogens is 307 g/mol. The second kappa shape index (κ2) is 7.04. The summed E-state index contributed by atoms with van der Waals surface area (Å²) in [7, 11) is 0. The van der Waals surface area contributed by atoms with Crippen LogP contribution in [0.3, 0.4) is 0 Å². The molecule has 116 valence electrons. The second-order valence-corrected chi connectivity index (χ2v) is 5.57. The summed E-state index contributed by atoms with van der Waals surface area (Å²) in [5.74, 6) is -0.679. The topological polar surface area (TPSA) is 81.4 Å². The maximum atomic E-state index is 12.8. The number of amides is 2. The van der Waals surface area contributed by atoms with Gasteiger partial charge in [0.2, 0.25) is 5.91 Å². The van der Waals surface area contributed by atoms with Gasteiger partial charge in [0, 0.05) is 5.38 Å². The van der Waals surface area contributed by atoms with E-state index in [1.165, 1.54) is 35.7 Å². The Morgan fingerprint density at radius 1 is 1.36 bits per heavy atom. The monoisotopic (exact) mass is 322 g/mol. The fraction of sp³-hybridized carbons (Fsp3) is 0.200. The van der Waals surface area contributed by atoms with Crippen LogP contribution in [0.1, 0.15) is 27.0 Å². The predicted molar refractivity (Wildman–Crippen MR) is 81.7 cm³/mol. The van der Waals surface area contributed by atoms with Gasteiger partial charge in [0.05, 0.1) is 17.0 Å². The van der Waals surface area contributed by atoms with Gasteiger partial charge in [-0.15, -0.1) is 11.3 Å². The molecule has 0 aliphatic carbocycles. The molecule has 0 fully saturated rings. The number of carbonyl (C=O) groups excluding carboxylic acids is 2. The van der Waals surface area contributed by atoms with Gasteiger partial charge in [0.25, 0.3) is 5.91 Å². The Balaban J connectivity index is 1.84. The van der Waals surface area contributed by atoms with Gasteiger partial charge in [0.15, 0.2) is 0 Å². The lowest BCUT2D eigenvalue weighted by Crippen LogP contribution is -2.33. The first kappa shape index (κ1) is 16.0. The first-order valence-corrected chi connectivity index (χ1v) is 7.42. The molecule has 0 spiro atoms. The third-order valence-electron chi connectivity index (χ3n) is 2.81. The summed E-state index contributed by atoms with van der Waals surface area (Å²) in [5, 5.41) is 4.24. The molecule has 1 heterocycles. The highest BCUT2D eigenvalue weighted by Gasteiger charge is 2.13. The minimum atomic E-state index is -0.566. The van der Waals surface area contributed by atoms with E-state index in [0.717, 1.165) is 11.3 Å². The molecule has 2 rings (SSSR count). The highest BCUT2D eigenvalue weighted by Crippen LogP contribution is 2.15. The molecule has 5 nitrogen and oxygen atoms in total. The van der Waals surface area contributed by atoms with Gasteiger partial charge in [-0.1, -0.05) is 0 Å². The fourth-order valence-corrected chi connectivity index (χ4v) is 2.51. The molecule has 22 heavy (non-hydrogen) atoms. The number of hydrogen-bond acceptors (Lipinski definition) is 4. The van der Waals surface area contributed by atoms with Crippen LogP contribution in [0, 0.1) is 5.82 Å². The van der Waals surface area contributed by atoms with Crippen molar-refractivity contribution in [1.82, 2.24) is 5.32 Å². The number of halogens is 1. The van der Waals surface area contributed by atoms with E-state index in [4.69, 9.17) is 10.5 Å². The molecule has 0 aliphatic rings. The van der Waals surface area contributed by atoms with Crippen molar-refractivity contribution >= 4 is 23.2 Å². The lowest BCUT2D eigenvalue weighted by Gasteiger charge is -2.15. The van der Waals surface area contributed by atoms with E-state index in [-0.39, 0.29) is 24.4 Å². The number of thiophene rings is 1. The standard InChI is InChI=1S/C15H15FN2O3S/c1-9(21-12-4-2-11(16)3-5-12)7-18-15(20)13-6-10(8-22-13)14(17)19/h2-6,8-9H,7H2,1H3,(H2,17,19)(H,18,20)/t9-/m0/s1. The van der Waals surface area contributed by atoms with E-state index in [2.05, 4.69) is 5.32 Å². The van der Waals surface area contributed by atoms with Crippen LogP contribution in [0.15, 0.2) is 35.7 Å². The van der Waals surface area contributed by atoms with Crippen LogP contribution in [0.5, 0.6) is 5.75 Å². The molecule has 0 saturated heterocycles. The zero-order valence-corrected chi connectivity index (χ0v) is 12.7. The molecule has 0 aliphatic heterocycles. The third kappa shape index (κ3) is 4.29. The van der Waals surface area contributed by atoms with Crippen molar-refractivity contribution in [3.63, 3.8) is 0 Å². The molecule has 3 N–H and O–H groups in total. The minimum absolute atomic E-state index is 0.278. The van der Waals surface area contributed by atoms with Crippen LogP contribution in [-0.2, 0) is 0 Å². The van der Waals surface area contributed by atoms with Crippen LogP contribution in [0.4, 0.5) is 4.39 Å². The quantitative estimate of drug-likeness (QED) is 0.855. The zero-order valence-electron chi connectivity index (χ0n) is 11.8. The van der Waals surface area contributed by atoms with Gasteiger partial charge in [0.1, 0.15) is 17.7 Å². The Hall–Kier alpha value is -2.41. The van der Waals surface area contributed by atoms with E-state index in [1.54, 1.807) is 6.92 Å². The number of hydrogen-bond donors (Lipinski definition) is 2. The lowest BCUT2D eigenvalue weighted by molar-refractivity contribution is 0.0936. The van der Waals surface area contributed by atoms with Crippen molar-refractivity contribution in [3.05, 3.63) is 52.0 Å². The molecule has 0 unspecified atom stereocenters. The third-order valence-corrected chi connectivity index (χ3v) is 3.74. The number of nitrogens with one attached hydrogen (secondary N) is 1. The van der Waals surface area contributed by atoms with Crippen molar-refractivity contribution in [3.8, 4) is 5.75 Å². The average molecular weight is 322 g/mol. The van der Waals surface area contributed by atoms with E-state index in [1.807, 2.05) is 0 Å². The Kier molecular flexibility index (Phi) is 5.11. The molecule has 2 aromatic rings. The summed E-state index contributed by atoms with van der Waals surface area (Å²) < 4.78 is 18.3. The smallest absolute Gasteiger partial charge is 0.261 e. The molecule has 1 aromatic carbocycles. The number of primary amides is 1. The summed E-state index contributed by atoms with van der Waals surface area (Å²) in [6.07, 6.45) is -0.287. The Morgan fingerprint density at radius 2 is 2.05 bits per heavy atom. The highest BCUT2D eigenvalue weighted by atomic mass is 32.1. The van der Waals surface area contributed by atoms with Gasteiger partial charge in [-0.3, -0.25) is 9.59 Å². The van der Waals surface area contributed by atoms with Crippen LogP contribution >= 0.6 is 11.3 Å². The van der Waals surface area contributed by atoms with Crippen molar-refractivity contribution in [2.75, 3.05) is 6.54 Å². The van der Waals surface area contributed by atoms with Gasteiger partial charge >= 0.3 is 0 Å². The van der Waals surface area contributed by atoms with Crippen LogP contribution in [-0.4, -0.2) is 24.5 Å². The highest BCUT2D eigenvalue weighted by molar-refractivity contribution is 7.12. The van der Waals surface area contributed by atoms with Crippen LogP contribution in [0.25, 0.3) is 0 Å². The summed E-state index contributed by atoms with van der Waals surface area (Å²) in [5.41, 5.74) is 5.45. The number of rotatable bonds is 6. The SMILES string of the molecule is C[C@@H](CNC(=O)c1cc(C(N)=O)cs1)Oc1ccc(F)cc1. The average Bonchev–Trinajstić information content (AvgIpc) is 2.97. The van der Waals surface area contributed by atoms with Gasteiger partial charge in [-0.05, 0) is 37.3 Å². The second-order valence-electron chi connectivity index (χ2n) is 4.66. The fourth-order valence-electron chi connectivity index (χ4n) is 1.70. The Morgan fingerprint density at radius 3 is 2.64 bits per heavy atom. The maximum Gasteiger partial charge on any atom is 0.261 e. The largest absolute Gasteiger partial charge is 0.489 e. The molecule has 2 amide bonds. The summed E-state index contributed by atoms with van der Waals surface area (Å²) in [4.78, 5) is 23.3. The van der Waals surface area contributed by atoms with Crippen LogP contribution < -0.4 is 15.8 Å². The normalized spacial score (nSPS) is 11.7. The molecule has 0 saturated carbocycles. The summed E-state index contributed by atoms with van der Waals surface area (Å²) in [6.45, 7) is 2.06. The molecule has 1 aromatic heterocycles. The van der Waals surface area contributed by atoms with E-state index >= 15 is 0 Å². The van der Waals surface area contributed by atoms with Gasteiger partial charge in [-0.2, -0.15) is 0 Å². The summed E-state index contributed by atoms with van der Waals surface area (Å²) >= 11 is 1.15. The Bertz CT molecular complexity index is 670. The van der Waals surface area contributed by atoms with Gasteiger partial charge in [-0.25, -0.2) is 4.39 Å². The molecule has 1 atom stereocenters. The van der Waals surface area contributed by atoms with Crippen molar-refractivity contribution < 1.29 is 18.7 Å². The van der Waals surface area contributed by atoms with Crippen molar-refractivity contribution in [2.45, 2.75) is 13.0 Å². The number of benzene rings is 1. The molecule has 0 radical (unpaired) electrons. The molecular formula is C15H15FN2O3S.